The van der Waals surface area contributed by atoms with Gasteiger partial charge in [0, 0.05) is 39.1 Å². The first kappa shape index (κ1) is 19.3. The van der Waals surface area contributed by atoms with Crippen LogP contribution in [0.4, 0.5) is 0 Å². The number of amides is 1. The highest BCUT2D eigenvalue weighted by Crippen LogP contribution is 1.96. The summed E-state index contributed by atoms with van der Waals surface area (Å²) in [7, 11) is 0. The molecule has 7 N–H and O–H groups in total. The second-order valence-electron chi connectivity index (χ2n) is 4.49. The van der Waals surface area contributed by atoms with E-state index in [0.717, 1.165) is 0 Å². The van der Waals surface area contributed by atoms with Crippen LogP contribution in [-0.4, -0.2) is 66.8 Å². The molecule has 0 rings (SSSR count). The monoisotopic (exact) mass is 304 g/mol. The number of hydrogen-bond donors (Lipinski definition) is 6. The minimum absolute atomic E-state index is 0.0326. The van der Waals surface area contributed by atoms with Crippen LogP contribution in [-0.2, 0) is 14.4 Å². The summed E-state index contributed by atoms with van der Waals surface area (Å²) in [5, 5.41) is 26.2. The van der Waals surface area contributed by atoms with Gasteiger partial charge in [-0.3, -0.25) is 14.4 Å². The number of hydrogen-bond acceptors (Lipinski definition) is 6. The van der Waals surface area contributed by atoms with Gasteiger partial charge in [-0.05, 0) is 6.42 Å². The van der Waals surface area contributed by atoms with Gasteiger partial charge in [0.15, 0.2) is 0 Å². The maximum atomic E-state index is 10.9. The van der Waals surface area contributed by atoms with E-state index in [1.54, 1.807) is 0 Å². The van der Waals surface area contributed by atoms with E-state index >= 15 is 0 Å². The number of carbonyl (C=O) groups excluding carboxylic acids is 1. The van der Waals surface area contributed by atoms with Gasteiger partial charge in [-0.25, -0.2) is 0 Å². The van der Waals surface area contributed by atoms with Crippen molar-refractivity contribution in [3.05, 3.63) is 0 Å². The molecule has 1 atom stereocenters. The molecule has 0 saturated heterocycles. The van der Waals surface area contributed by atoms with E-state index in [9.17, 15) is 14.4 Å². The van der Waals surface area contributed by atoms with E-state index in [-0.39, 0.29) is 19.3 Å². The van der Waals surface area contributed by atoms with Gasteiger partial charge in [0.05, 0.1) is 6.42 Å². The minimum atomic E-state index is -1.01. The summed E-state index contributed by atoms with van der Waals surface area (Å²) in [6.07, 6.45) is 0.286. The number of carboxylic acids is 2. The van der Waals surface area contributed by atoms with E-state index in [2.05, 4.69) is 16.0 Å². The lowest BCUT2D eigenvalue weighted by Gasteiger charge is -2.14. The summed E-state index contributed by atoms with van der Waals surface area (Å²) < 4.78 is 0. The number of nitrogens with two attached hydrogens (primary N) is 1. The normalized spacial score (nSPS) is 12.0. The van der Waals surface area contributed by atoms with Gasteiger partial charge in [-0.2, -0.15) is 0 Å². The number of nitrogens with one attached hydrogen (secondary N) is 3. The molecule has 0 spiro atoms. The molecule has 0 aliphatic rings. The van der Waals surface area contributed by atoms with Gasteiger partial charge >= 0.3 is 11.9 Å². The Morgan fingerprint density at radius 2 is 1.48 bits per heavy atom. The lowest BCUT2D eigenvalue weighted by atomic mass is 10.1. The van der Waals surface area contributed by atoms with E-state index in [0.29, 0.717) is 32.7 Å². The van der Waals surface area contributed by atoms with E-state index < -0.39 is 23.9 Å². The lowest BCUT2D eigenvalue weighted by Crippen LogP contribution is -2.41. The fourth-order valence-electron chi connectivity index (χ4n) is 1.56. The Morgan fingerprint density at radius 1 is 0.905 bits per heavy atom. The van der Waals surface area contributed by atoms with Gasteiger partial charge in [0.25, 0.3) is 0 Å². The van der Waals surface area contributed by atoms with Gasteiger partial charge in [0.1, 0.15) is 6.04 Å². The smallest absolute Gasteiger partial charge is 0.320 e. The molecule has 0 fully saturated rings. The summed E-state index contributed by atoms with van der Waals surface area (Å²) >= 11 is 0. The third-order valence-corrected chi connectivity index (χ3v) is 2.66. The molecule has 0 unspecified atom stereocenters. The molecule has 9 heteroatoms. The summed E-state index contributed by atoms with van der Waals surface area (Å²) in [5.74, 6) is -2.37. The van der Waals surface area contributed by atoms with Crippen molar-refractivity contribution in [2.24, 2.45) is 5.73 Å². The van der Waals surface area contributed by atoms with Gasteiger partial charge in [-0.1, -0.05) is 0 Å². The minimum Gasteiger partial charge on any atom is -0.481 e. The zero-order valence-corrected chi connectivity index (χ0v) is 11.9. The Hall–Kier alpha value is -1.71. The van der Waals surface area contributed by atoms with Crippen LogP contribution in [0.3, 0.4) is 0 Å². The average molecular weight is 304 g/mol. The van der Waals surface area contributed by atoms with E-state index in [4.69, 9.17) is 15.9 Å². The Bertz CT molecular complexity index is 338. The molecule has 0 aromatic heterocycles. The first-order valence-corrected chi connectivity index (χ1v) is 6.81. The van der Waals surface area contributed by atoms with E-state index in [1.165, 1.54) is 0 Å². The Labute approximate surface area is 123 Å². The van der Waals surface area contributed by atoms with Crippen LogP contribution < -0.4 is 21.7 Å². The zero-order valence-electron chi connectivity index (χ0n) is 11.9. The molecule has 1 amide bonds. The fourth-order valence-corrected chi connectivity index (χ4v) is 1.56. The number of rotatable bonds is 14. The SMILES string of the molecule is NC(=O)CC[C@H](NCCNCCNCCC(=O)O)C(=O)O. The Kier molecular flexibility index (Phi) is 11.1. The molecule has 0 saturated carbocycles. The molecule has 0 bridgehead atoms. The van der Waals surface area contributed by atoms with Crippen molar-refractivity contribution in [3.63, 3.8) is 0 Å². The van der Waals surface area contributed by atoms with Crippen molar-refractivity contribution in [2.75, 3.05) is 32.7 Å². The standard InChI is InChI=1S/C12H24N4O5/c13-10(17)2-1-9(12(20)21)16-8-7-15-6-5-14-4-3-11(18)19/h9,14-16H,1-8H2,(H2,13,17)(H,18,19)(H,20,21)/t9-/m0/s1. The molecule has 0 radical (unpaired) electrons. The average Bonchev–Trinajstić information content (AvgIpc) is 2.39. The molecule has 0 aliphatic carbocycles. The maximum absolute atomic E-state index is 10.9. The van der Waals surface area contributed by atoms with Crippen molar-refractivity contribution in [1.29, 1.82) is 0 Å². The van der Waals surface area contributed by atoms with Gasteiger partial charge in [-0.15, -0.1) is 0 Å². The highest BCUT2D eigenvalue weighted by atomic mass is 16.4. The predicted octanol–water partition coefficient (Wildman–Crippen LogP) is -2.05. The van der Waals surface area contributed by atoms with Crippen molar-refractivity contribution in [1.82, 2.24) is 16.0 Å². The fraction of sp³-hybridized carbons (Fsp3) is 0.750. The van der Waals surface area contributed by atoms with Crippen LogP contribution in [0.15, 0.2) is 0 Å². The van der Waals surface area contributed by atoms with Crippen LogP contribution in [0.25, 0.3) is 0 Å². The number of primary amides is 1. The summed E-state index contributed by atoms with van der Waals surface area (Å²) in [6, 6.07) is -0.784. The topological polar surface area (TPSA) is 154 Å². The van der Waals surface area contributed by atoms with Crippen molar-refractivity contribution in [3.8, 4) is 0 Å². The molecule has 9 nitrogen and oxygen atoms in total. The number of carbonyl (C=O) groups is 3. The molecule has 0 aromatic carbocycles. The largest absolute Gasteiger partial charge is 0.481 e. The third-order valence-electron chi connectivity index (χ3n) is 2.66. The van der Waals surface area contributed by atoms with Crippen LogP contribution in [0.2, 0.25) is 0 Å². The second-order valence-corrected chi connectivity index (χ2v) is 4.49. The predicted molar refractivity (Wildman–Crippen MR) is 75.8 cm³/mol. The number of aliphatic carboxylic acids is 2. The van der Waals surface area contributed by atoms with Crippen LogP contribution >= 0.6 is 0 Å². The summed E-state index contributed by atoms with van der Waals surface area (Å²) in [5.41, 5.74) is 4.98. The van der Waals surface area contributed by atoms with Crippen LogP contribution in [0.1, 0.15) is 19.3 Å². The Morgan fingerprint density at radius 3 is 2.00 bits per heavy atom. The summed E-state index contributed by atoms with van der Waals surface area (Å²) in [4.78, 5) is 31.8. The molecular weight excluding hydrogens is 280 g/mol. The maximum Gasteiger partial charge on any atom is 0.320 e. The first-order valence-electron chi connectivity index (χ1n) is 6.81. The quantitative estimate of drug-likeness (QED) is 0.200. The highest BCUT2D eigenvalue weighted by Gasteiger charge is 2.16. The van der Waals surface area contributed by atoms with Crippen LogP contribution in [0, 0.1) is 0 Å². The zero-order chi connectivity index (χ0) is 16.1. The first-order chi connectivity index (χ1) is 9.93. The number of carboxylic acid groups (broad SMARTS) is 2. The highest BCUT2D eigenvalue weighted by molar-refractivity contribution is 5.77. The molecular formula is C12H24N4O5. The van der Waals surface area contributed by atoms with Gasteiger partial charge in [0.2, 0.25) is 5.91 Å². The summed E-state index contributed by atoms with van der Waals surface area (Å²) in [6.45, 7) is 2.73. The third kappa shape index (κ3) is 13.0. The molecule has 0 aromatic rings. The van der Waals surface area contributed by atoms with Crippen molar-refractivity contribution < 1.29 is 24.6 Å². The van der Waals surface area contributed by atoms with Gasteiger partial charge < -0.3 is 31.9 Å². The Balaban J connectivity index is 3.51. The second kappa shape index (κ2) is 12.1. The van der Waals surface area contributed by atoms with E-state index in [1.807, 2.05) is 0 Å². The molecule has 122 valence electrons. The van der Waals surface area contributed by atoms with Crippen molar-refractivity contribution >= 4 is 17.8 Å². The van der Waals surface area contributed by atoms with Crippen LogP contribution in [0.5, 0.6) is 0 Å². The molecule has 0 heterocycles. The molecule has 0 aliphatic heterocycles. The molecule has 21 heavy (non-hydrogen) atoms. The van der Waals surface area contributed by atoms with Crippen molar-refractivity contribution in [2.45, 2.75) is 25.3 Å². The lowest BCUT2D eigenvalue weighted by molar-refractivity contribution is -0.140.